The van der Waals surface area contributed by atoms with Crippen LogP contribution in [0.5, 0.6) is 0 Å². The van der Waals surface area contributed by atoms with E-state index in [1.54, 1.807) is 23.5 Å². The lowest BCUT2D eigenvalue weighted by Crippen LogP contribution is -2.10. The number of benzene rings is 1. The van der Waals surface area contributed by atoms with Crippen molar-refractivity contribution in [2.75, 3.05) is 5.32 Å². The zero-order valence-electron chi connectivity index (χ0n) is 10.7. The first-order chi connectivity index (χ1) is 8.45. The third-order valence-electron chi connectivity index (χ3n) is 2.42. The molecule has 1 heterocycles. The average molecular weight is 265 g/mol. The molecule has 2 aromatic rings. The lowest BCUT2D eigenvalue weighted by molar-refractivity contribution is 0.578. The fourth-order valence-corrected chi connectivity index (χ4v) is 2.17. The van der Waals surface area contributed by atoms with Gasteiger partial charge in [0.25, 0.3) is 0 Å². The molecule has 18 heavy (non-hydrogen) atoms. The molecule has 0 saturated heterocycles. The molecule has 1 aromatic carbocycles. The fourth-order valence-electron chi connectivity index (χ4n) is 1.38. The Balaban J connectivity index is 1.98. The molecule has 0 unspecified atom stereocenters. The van der Waals surface area contributed by atoms with Crippen LogP contribution >= 0.6 is 11.3 Å². The highest BCUT2D eigenvalue weighted by Gasteiger charge is 2.19. The van der Waals surface area contributed by atoms with Gasteiger partial charge in [-0.05, 0) is 17.7 Å². The number of nitrogens with one attached hydrogen (secondary N) is 1. The van der Waals surface area contributed by atoms with E-state index in [0.29, 0.717) is 6.54 Å². The standard InChI is InChI=1S/C13H16FN3S/c1-13(2,3)11-16-17-12(18-11)15-8-9-4-6-10(14)7-5-9/h4-7H,8H2,1-3H3,(H,15,17). The van der Waals surface area contributed by atoms with Gasteiger partial charge in [-0.1, -0.05) is 44.2 Å². The second-order valence-electron chi connectivity index (χ2n) is 5.14. The third-order valence-corrected chi connectivity index (χ3v) is 3.73. The van der Waals surface area contributed by atoms with E-state index >= 15 is 0 Å². The second-order valence-corrected chi connectivity index (χ2v) is 6.12. The van der Waals surface area contributed by atoms with E-state index in [2.05, 4.69) is 36.3 Å². The molecule has 0 atom stereocenters. The SMILES string of the molecule is CC(C)(C)c1nnc(NCc2ccc(F)cc2)s1. The second kappa shape index (κ2) is 5.02. The number of aromatic nitrogens is 2. The highest BCUT2D eigenvalue weighted by Crippen LogP contribution is 2.27. The first-order valence-electron chi connectivity index (χ1n) is 5.77. The molecule has 0 saturated carbocycles. The van der Waals surface area contributed by atoms with E-state index in [-0.39, 0.29) is 11.2 Å². The van der Waals surface area contributed by atoms with Crippen molar-refractivity contribution in [2.45, 2.75) is 32.7 Å². The van der Waals surface area contributed by atoms with Gasteiger partial charge in [-0.15, -0.1) is 10.2 Å². The van der Waals surface area contributed by atoms with Gasteiger partial charge in [0, 0.05) is 12.0 Å². The zero-order valence-corrected chi connectivity index (χ0v) is 11.5. The minimum atomic E-state index is -0.218. The molecule has 0 radical (unpaired) electrons. The molecule has 1 aromatic heterocycles. The van der Waals surface area contributed by atoms with Gasteiger partial charge in [-0.2, -0.15) is 0 Å². The van der Waals surface area contributed by atoms with Crippen molar-refractivity contribution in [1.82, 2.24) is 10.2 Å². The minimum Gasteiger partial charge on any atom is -0.356 e. The molecular formula is C13H16FN3S. The van der Waals surface area contributed by atoms with Crippen LogP contribution in [0.15, 0.2) is 24.3 Å². The Bertz CT molecular complexity index is 514. The number of rotatable bonds is 3. The fraction of sp³-hybridized carbons (Fsp3) is 0.385. The molecule has 0 aliphatic rings. The normalized spacial score (nSPS) is 11.6. The Morgan fingerprint density at radius 2 is 1.83 bits per heavy atom. The van der Waals surface area contributed by atoms with Crippen LogP contribution in [0.4, 0.5) is 9.52 Å². The van der Waals surface area contributed by atoms with Gasteiger partial charge in [0.2, 0.25) is 5.13 Å². The molecular weight excluding hydrogens is 249 g/mol. The van der Waals surface area contributed by atoms with Gasteiger partial charge in [0.15, 0.2) is 0 Å². The summed E-state index contributed by atoms with van der Waals surface area (Å²) in [4.78, 5) is 0. The summed E-state index contributed by atoms with van der Waals surface area (Å²) in [5.74, 6) is -0.218. The van der Waals surface area contributed by atoms with Crippen LogP contribution in [0.3, 0.4) is 0 Å². The lowest BCUT2D eigenvalue weighted by Gasteiger charge is -2.12. The highest BCUT2D eigenvalue weighted by molar-refractivity contribution is 7.15. The van der Waals surface area contributed by atoms with Gasteiger partial charge in [-0.25, -0.2) is 4.39 Å². The number of hydrogen-bond acceptors (Lipinski definition) is 4. The molecule has 0 aliphatic heterocycles. The molecule has 0 fully saturated rings. The molecule has 5 heteroatoms. The van der Waals surface area contributed by atoms with E-state index in [9.17, 15) is 4.39 Å². The monoisotopic (exact) mass is 265 g/mol. The van der Waals surface area contributed by atoms with Gasteiger partial charge in [-0.3, -0.25) is 0 Å². The number of hydrogen-bond donors (Lipinski definition) is 1. The summed E-state index contributed by atoms with van der Waals surface area (Å²) in [6.07, 6.45) is 0. The minimum absolute atomic E-state index is 0.0213. The molecule has 2 rings (SSSR count). The maximum Gasteiger partial charge on any atom is 0.205 e. The summed E-state index contributed by atoms with van der Waals surface area (Å²) >= 11 is 1.55. The predicted molar refractivity (Wildman–Crippen MR) is 72.3 cm³/mol. The van der Waals surface area contributed by atoms with E-state index in [0.717, 1.165) is 15.7 Å². The third kappa shape index (κ3) is 3.26. The summed E-state index contributed by atoms with van der Waals surface area (Å²) in [6, 6.07) is 6.43. The Kier molecular flexibility index (Phi) is 3.61. The summed E-state index contributed by atoms with van der Waals surface area (Å²) in [5.41, 5.74) is 1.04. The van der Waals surface area contributed by atoms with E-state index in [4.69, 9.17) is 0 Å². The summed E-state index contributed by atoms with van der Waals surface area (Å²) in [7, 11) is 0. The predicted octanol–water partition coefficient (Wildman–Crippen LogP) is 3.59. The Morgan fingerprint density at radius 1 is 1.17 bits per heavy atom. The Hall–Kier alpha value is -1.49. The number of nitrogens with zero attached hydrogens (tertiary/aromatic N) is 2. The largest absolute Gasteiger partial charge is 0.356 e. The first-order valence-corrected chi connectivity index (χ1v) is 6.59. The molecule has 0 aliphatic carbocycles. The molecule has 1 N–H and O–H groups in total. The van der Waals surface area contributed by atoms with Crippen molar-refractivity contribution < 1.29 is 4.39 Å². The summed E-state index contributed by atoms with van der Waals surface area (Å²) in [5, 5.41) is 13.3. The average Bonchev–Trinajstić information content (AvgIpc) is 2.77. The van der Waals surface area contributed by atoms with Crippen molar-refractivity contribution >= 4 is 16.5 Å². The maximum atomic E-state index is 12.7. The zero-order chi connectivity index (χ0) is 13.2. The van der Waals surface area contributed by atoms with Crippen LogP contribution in [0.2, 0.25) is 0 Å². The van der Waals surface area contributed by atoms with Gasteiger partial charge in [0.05, 0.1) is 0 Å². The van der Waals surface area contributed by atoms with Crippen LogP contribution < -0.4 is 5.32 Å². The van der Waals surface area contributed by atoms with Crippen LogP contribution in [-0.4, -0.2) is 10.2 Å². The Morgan fingerprint density at radius 3 is 2.39 bits per heavy atom. The van der Waals surface area contributed by atoms with Crippen molar-refractivity contribution in [2.24, 2.45) is 0 Å². The van der Waals surface area contributed by atoms with Gasteiger partial charge >= 0.3 is 0 Å². The maximum absolute atomic E-state index is 12.7. The van der Waals surface area contributed by atoms with Gasteiger partial charge in [0.1, 0.15) is 10.8 Å². The summed E-state index contributed by atoms with van der Waals surface area (Å²) < 4.78 is 12.7. The van der Waals surface area contributed by atoms with Crippen molar-refractivity contribution in [1.29, 1.82) is 0 Å². The summed E-state index contributed by atoms with van der Waals surface area (Å²) in [6.45, 7) is 6.95. The van der Waals surface area contributed by atoms with E-state index < -0.39 is 0 Å². The van der Waals surface area contributed by atoms with Crippen LogP contribution in [-0.2, 0) is 12.0 Å². The van der Waals surface area contributed by atoms with Crippen molar-refractivity contribution in [3.8, 4) is 0 Å². The van der Waals surface area contributed by atoms with E-state index in [1.807, 2.05) is 0 Å². The van der Waals surface area contributed by atoms with Crippen LogP contribution in [0.1, 0.15) is 31.3 Å². The van der Waals surface area contributed by atoms with E-state index in [1.165, 1.54) is 12.1 Å². The molecule has 0 bridgehead atoms. The quantitative estimate of drug-likeness (QED) is 0.921. The first kappa shape index (κ1) is 13.0. The Labute approximate surface area is 110 Å². The molecule has 0 spiro atoms. The molecule has 0 amide bonds. The molecule has 3 nitrogen and oxygen atoms in total. The lowest BCUT2D eigenvalue weighted by atomic mass is 9.98. The highest BCUT2D eigenvalue weighted by atomic mass is 32.1. The molecule has 96 valence electrons. The van der Waals surface area contributed by atoms with Crippen LogP contribution in [0, 0.1) is 5.82 Å². The van der Waals surface area contributed by atoms with Gasteiger partial charge < -0.3 is 5.32 Å². The number of anilines is 1. The van der Waals surface area contributed by atoms with Crippen molar-refractivity contribution in [3.63, 3.8) is 0 Å². The smallest absolute Gasteiger partial charge is 0.205 e. The van der Waals surface area contributed by atoms with Crippen LogP contribution in [0.25, 0.3) is 0 Å². The number of halogens is 1. The topological polar surface area (TPSA) is 37.8 Å². The van der Waals surface area contributed by atoms with Crippen molar-refractivity contribution in [3.05, 3.63) is 40.7 Å².